The highest BCUT2D eigenvalue weighted by atomic mass is 16.5. The van der Waals surface area contributed by atoms with Gasteiger partial charge in [0, 0.05) is 45.1 Å². The highest BCUT2D eigenvalue weighted by Crippen LogP contribution is 2.43. The molecule has 0 bridgehead atoms. The van der Waals surface area contributed by atoms with Crippen LogP contribution in [-0.4, -0.2) is 62.7 Å². The Morgan fingerprint density at radius 1 is 1.12 bits per heavy atom. The molecular formula is C33H42N4O5. The number of amides is 3. The molecule has 2 aliphatic carbocycles. The van der Waals surface area contributed by atoms with E-state index >= 15 is 0 Å². The molecule has 0 radical (unpaired) electrons. The van der Waals surface area contributed by atoms with Crippen LogP contribution in [0.5, 0.6) is 5.75 Å². The lowest BCUT2D eigenvalue weighted by molar-refractivity contribution is -0.132. The van der Waals surface area contributed by atoms with Crippen LogP contribution in [0.15, 0.2) is 42.5 Å². The van der Waals surface area contributed by atoms with Gasteiger partial charge in [0.05, 0.1) is 23.6 Å². The van der Waals surface area contributed by atoms with E-state index in [1.54, 1.807) is 25.9 Å². The van der Waals surface area contributed by atoms with Crippen LogP contribution in [0.1, 0.15) is 63.1 Å². The molecule has 2 aliphatic heterocycles. The SMILES string of the molecule is COCCCN1C(=O)C(C)(C)Oc2ccc(N(C(=O)[C@H]3CNC[C@@H](C(=O)N[C@H]4CCc5ccccc54)C3)C3CC3)cc21. The van der Waals surface area contributed by atoms with Crippen molar-refractivity contribution in [1.29, 1.82) is 0 Å². The fraction of sp³-hybridized carbons (Fsp3) is 0.545. The van der Waals surface area contributed by atoms with Gasteiger partial charge in [-0.25, -0.2) is 0 Å². The second-order valence-corrected chi connectivity index (χ2v) is 12.6. The molecule has 224 valence electrons. The molecule has 1 saturated heterocycles. The summed E-state index contributed by atoms with van der Waals surface area (Å²) in [6.45, 7) is 5.72. The number of carbonyl (C=O) groups is 3. The normalized spacial score (nSPS) is 24.4. The van der Waals surface area contributed by atoms with Crippen molar-refractivity contribution in [3.05, 3.63) is 53.6 Å². The minimum absolute atomic E-state index is 0.0124. The first-order chi connectivity index (χ1) is 20.3. The lowest BCUT2D eigenvalue weighted by atomic mass is 9.88. The number of fused-ring (bicyclic) bond motifs is 2. The van der Waals surface area contributed by atoms with Gasteiger partial charge in [0.2, 0.25) is 11.8 Å². The van der Waals surface area contributed by atoms with Gasteiger partial charge in [0.15, 0.2) is 5.60 Å². The summed E-state index contributed by atoms with van der Waals surface area (Å²) in [5.74, 6) is -0.0103. The number of carbonyl (C=O) groups excluding carboxylic acids is 3. The lowest BCUT2D eigenvalue weighted by Crippen LogP contribution is -2.53. The molecule has 0 spiro atoms. The summed E-state index contributed by atoms with van der Waals surface area (Å²) in [5, 5.41) is 6.63. The van der Waals surface area contributed by atoms with Crippen molar-refractivity contribution in [2.45, 2.75) is 70.1 Å². The van der Waals surface area contributed by atoms with Crippen LogP contribution in [0.3, 0.4) is 0 Å². The quantitative estimate of drug-likeness (QED) is 0.443. The summed E-state index contributed by atoms with van der Waals surface area (Å²) in [7, 11) is 1.65. The first-order valence-electron chi connectivity index (χ1n) is 15.3. The van der Waals surface area contributed by atoms with Crippen LogP contribution in [0.2, 0.25) is 0 Å². The molecule has 0 aromatic heterocycles. The molecule has 2 aromatic carbocycles. The van der Waals surface area contributed by atoms with Crippen molar-refractivity contribution in [2.24, 2.45) is 11.8 Å². The van der Waals surface area contributed by atoms with Gasteiger partial charge in [-0.2, -0.15) is 0 Å². The number of hydrogen-bond donors (Lipinski definition) is 2. The van der Waals surface area contributed by atoms with Crippen molar-refractivity contribution in [1.82, 2.24) is 10.6 Å². The van der Waals surface area contributed by atoms with Crippen LogP contribution < -0.4 is 25.2 Å². The maximum Gasteiger partial charge on any atom is 0.270 e. The number of benzene rings is 2. The number of ether oxygens (including phenoxy) is 2. The third-order valence-electron chi connectivity index (χ3n) is 9.04. The molecule has 42 heavy (non-hydrogen) atoms. The highest BCUT2D eigenvalue weighted by Gasteiger charge is 2.43. The molecule has 2 fully saturated rings. The van der Waals surface area contributed by atoms with Crippen LogP contribution in [0.25, 0.3) is 0 Å². The number of piperidine rings is 1. The van der Waals surface area contributed by atoms with Crippen LogP contribution in [0, 0.1) is 11.8 Å². The molecule has 1 saturated carbocycles. The Morgan fingerprint density at radius 2 is 1.90 bits per heavy atom. The van der Waals surface area contributed by atoms with Crippen LogP contribution >= 0.6 is 0 Å². The van der Waals surface area contributed by atoms with Crippen molar-refractivity contribution >= 4 is 29.1 Å². The number of methoxy groups -OCH3 is 1. The van der Waals surface area contributed by atoms with E-state index in [4.69, 9.17) is 9.47 Å². The number of hydrogen-bond acceptors (Lipinski definition) is 6. The first-order valence-corrected chi connectivity index (χ1v) is 15.3. The molecule has 9 heteroatoms. The van der Waals surface area contributed by atoms with E-state index in [1.807, 2.05) is 35.2 Å². The van der Waals surface area contributed by atoms with E-state index in [9.17, 15) is 14.4 Å². The molecule has 2 heterocycles. The molecular weight excluding hydrogens is 532 g/mol. The summed E-state index contributed by atoms with van der Waals surface area (Å²) in [6, 6.07) is 14.2. The second kappa shape index (κ2) is 11.7. The van der Waals surface area contributed by atoms with E-state index in [1.165, 1.54) is 11.1 Å². The average Bonchev–Trinajstić information content (AvgIpc) is 3.75. The molecule has 3 atom stereocenters. The van der Waals surface area contributed by atoms with Gasteiger partial charge in [0.25, 0.3) is 5.91 Å². The predicted octanol–water partition coefficient (Wildman–Crippen LogP) is 3.75. The van der Waals surface area contributed by atoms with E-state index in [0.29, 0.717) is 50.5 Å². The van der Waals surface area contributed by atoms with E-state index < -0.39 is 5.60 Å². The minimum atomic E-state index is -0.975. The smallest absolute Gasteiger partial charge is 0.270 e. The Balaban J connectivity index is 1.19. The third kappa shape index (κ3) is 5.64. The molecule has 6 rings (SSSR count). The Kier molecular flexibility index (Phi) is 7.98. The zero-order valence-electron chi connectivity index (χ0n) is 24.9. The van der Waals surface area contributed by atoms with E-state index in [0.717, 1.165) is 31.4 Å². The minimum Gasteiger partial charge on any atom is -0.476 e. The number of rotatable bonds is 9. The Bertz CT molecular complexity index is 1360. The molecule has 9 nitrogen and oxygen atoms in total. The Morgan fingerprint density at radius 3 is 2.69 bits per heavy atom. The third-order valence-corrected chi connectivity index (χ3v) is 9.04. The van der Waals surface area contributed by atoms with E-state index in [2.05, 4.69) is 22.8 Å². The van der Waals surface area contributed by atoms with Gasteiger partial charge >= 0.3 is 0 Å². The Labute approximate surface area is 247 Å². The monoisotopic (exact) mass is 574 g/mol. The summed E-state index contributed by atoms with van der Waals surface area (Å²) >= 11 is 0. The highest BCUT2D eigenvalue weighted by molar-refractivity contribution is 6.04. The molecule has 4 aliphatic rings. The molecule has 3 amide bonds. The van der Waals surface area contributed by atoms with Crippen molar-refractivity contribution in [2.75, 3.05) is 43.2 Å². The Hall–Kier alpha value is -3.43. The van der Waals surface area contributed by atoms with Crippen molar-refractivity contribution < 1.29 is 23.9 Å². The number of nitrogens with one attached hydrogen (secondary N) is 2. The number of anilines is 2. The van der Waals surface area contributed by atoms with Crippen molar-refractivity contribution in [3.8, 4) is 5.75 Å². The summed E-state index contributed by atoms with van der Waals surface area (Å²) in [6.07, 6.45) is 4.96. The molecule has 2 aromatic rings. The van der Waals surface area contributed by atoms with Gasteiger partial charge < -0.3 is 29.9 Å². The zero-order valence-corrected chi connectivity index (χ0v) is 24.9. The topological polar surface area (TPSA) is 100 Å². The number of nitrogens with zero attached hydrogens (tertiary/aromatic N) is 2. The standard InChI is InChI=1S/C33H42N4O5/c1-33(2)32(40)36(15-6-16-41-3)28-18-25(12-14-29(28)42-33)37(24-10-11-24)31(39)23-17-22(19-34-20-23)30(38)35-27-13-9-21-7-4-5-8-26(21)27/h4-5,7-8,12,14,18,22-24,27,34H,6,9-11,13,15-17,19-20H2,1-3H3,(H,35,38)/t22-,23+,27-/m0/s1. The summed E-state index contributed by atoms with van der Waals surface area (Å²) < 4.78 is 11.3. The summed E-state index contributed by atoms with van der Waals surface area (Å²) in [5.41, 5.74) is 2.98. The fourth-order valence-electron chi connectivity index (χ4n) is 6.67. The first kappa shape index (κ1) is 28.7. The van der Waals surface area contributed by atoms with Gasteiger partial charge in [-0.1, -0.05) is 24.3 Å². The molecule has 0 unspecified atom stereocenters. The average molecular weight is 575 g/mol. The largest absolute Gasteiger partial charge is 0.476 e. The van der Waals surface area contributed by atoms with Gasteiger partial charge in [-0.15, -0.1) is 0 Å². The number of aryl methyl sites for hydroxylation is 1. The zero-order chi connectivity index (χ0) is 29.4. The van der Waals surface area contributed by atoms with E-state index in [-0.39, 0.29) is 41.6 Å². The second-order valence-electron chi connectivity index (χ2n) is 12.6. The fourth-order valence-corrected chi connectivity index (χ4v) is 6.67. The predicted molar refractivity (Wildman–Crippen MR) is 161 cm³/mol. The maximum absolute atomic E-state index is 14.1. The van der Waals surface area contributed by atoms with Crippen molar-refractivity contribution in [3.63, 3.8) is 0 Å². The van der Waals surface area contributed by atoms with Crippen LogP contribution in [-0.2, 0) is 25.5 Å². The van der Waals surface area contributed by atoms with Gasteiger partial charge in [-0.3, -0.25) is 14.4 Å². The van der Waals surface area contributed by atoms with Gasteiger partial charge in [0.1, 0.15) is 5.75 Å². The molecule has 2 N–H and O–H groups in total. The summed E-state index contributed by atoms with van der Waals surface area (Å²) in [4.78, 5) is 44.5. The lowest BCUT2D eigenvalue weighted by Gasteiger charge is -2.39. The maximum atomic E-state index is 14.1. The van der Waals surface area contributed by atoms with Gasteiger partial charge in [-0.05, 0) is 81.7 Å². The van der Waals surface area contributed by atoms with Crippen LogP contribution in [0.4, 0.5) is 11.4 Å².